The molecule has 0 aromatic heterocycles. The van der Waals surface area contributed by atoms with Gasteiger partial charge in [-0.1, -0.05) is 84.0 Å². The third kappa shape index (κ3) is 10.2. The Hall–Kier alpha value is -1.79. The molecular weight excluding hydrogens is 406 g/mol. The number of nitrogens with zero attached hydrogens (tertiary/aromatic N) is 1. The maximum atomic E-state index is 12.7. The summed E-state index contributed by atoms with van der Waals surface area (Å²) in [6.07, 6.45) is 17.6. The molecule has 1 aliphatic heterocycles. The van der Waals surface area contributed by atoms with E-state index in [1.165, 1.54) is 62.7 Å². The van der Waals surface area contributed by atoms with E-state index in [2.05, 4.69) is 17.6 Å². The lowest BCUT2D eigenvalue weighted by Gasteiger charge is -2.36. The molecule has 1 aliphatic carbocycles. The predicted molar refractivity (Wildman–Crippen MR) is 126 cm³/mol. The fourth-order valence-corrected chi connectivity index (χ4v) is 4.66. The van der Waals surface area contributed by atoms with E-state index < -0.39 is 12.0 Å². The van der Waals surface area contributed by atoms with Crippen molar-refractivity contribution in [1.82, 2.24) is 15.5 Å². The van der Waals surface area contributed by atoms with Gasteiger partial charge < -0.3 is 20.3 Å². The Morgan fingerprint density at radius 1 is 0.969 bits per heavy atom. The molecule has 7 nitrogen and oxygen atoms in total. The predicted octanol–water partition coefficient (Wildman–Crippen LogP) is 4.68. The number of unbranched alkanes of at least 4 members (excludes halogenated alkanes) is 9. The molecule has 0 aromatic rings. The van der Waals surface area contributed by atoms with Crippen LogP contribution in [0.3, 0.4) is 0 Å². The Labute approximate surface area is 194 Å². The number of nitrogens with one attached hydrogen (secondary N) is 2. The minimum atomic E-state index is -0.785. The Kier molecular flexibility index (Phi) is 13.2. The highest BCUT2D eigenvalue weighted by atomic mass is 16.5. The normalized spacial score (nSPS) is 19.5. The monoisotopic (exact) mass is 451 g/mol. The van der Waals surface area contributed by atoms with Crippen molar-refractivity contribution >= 4 is 17.9 Å². The summed E-state index contributed by atoms with van der Waals surface area (Å²) in [6, 6.07) is -0.850. The van der Waals surface area contributed by atoms with Gasteiger partial charge in [0.1, 0.15) is 6.04 Å². The summed E-state index contributed by atoms with van der Waals surface area (Å²) in [5, 5.41) is 5.83. The van der Waals surface area contributed by atoms with Gasteiger partial charge in [0.25, 0.3) is 0 Å². The fraction of sp³-hybridized carbons (Fsp3) is 0.880. The number of piperazine rings is 1. The summed E-state index contributed by atoms with van der Waals surface area (Å²) in [5.41, 5.74) is 0. The van der Waals surface area contributed by atoms with Crippen LogP contribution in [0.1, 0.15) is 110 Å². The summed E-state index contributed by atoms with van der Waals surface area (Å²) in [7, 11) is 0. The van der Waals surface area contributed by atoms with Crippen LogP contribution in [0.2, 0.25) is 0 Å². The minimum absolute atomic E-state index is 0.0817. The first-order chi connectivity index (χ1) is 15.6. The van der Waals surface area contributed by atoms with Gasteiger partial charge in [0.05, 0.1) is 13.0 Å². The van der Waals surface area contributed by atoms with Crippen molar-refractivity contribution in [1.29, 1.82) is 0 Å². The molecule has 3 amide bonds. The van der Waals surface area contributed by atoms with E-state index in [0.717, 1.165) is 38.5 Å². The third-order valence-corrected chi connectivity index (χ3v) is 6.65. The zero-order valence-electron chi connectivity index (χ0n) is 20.2. The number of carbonyl (C=O) groups excluding carboxylic acids is 3. The maximum Gasteiger partial charge on any atom is 0.318 e. The van der Waals surface area contributed by atoms with Crippen LogP contribution < -0.4 is 10.6 Å². The molecule has 32 heavy (non-hydrogen) atoms. The summed E-state index contributed by atoms with van der Waals surface area (Å²) >= 11 is 0. The van der Waals surface area contributed by atoms with Gasteiger partial charge in [-0.15, -0.1) is 0 Å². The number of urea groups is 1. The van der Waals surface area contributed by atoms with Gasteiger partial charge in [-0.3, -0.25) is 9.59 Å². The van der Waals surface area contributed by atoms with E-state index in [0.29, 0.717) is 19.7 Å². The molecule has 1 saturated heterocycles. The van der Waals surface area contributed by atoms with Crippen LogP contribution in [0.4, 0.5) is 4.79 Å². The van der Waals surface area contributed by atoms with E-state index in [1.807, 2.05) is 0 Å². The van der Waals surface area contributed by atoms with Gasteiger partial charge in [-0.25, -0.2) is 4.79 Å². The molecule has 0 radical (unpaired) electrons. The summed E-state index contributed by atoms with van der Waals surface area (Å²) in [6.45, 7) is 3.46. The molecule has 2 fully saturated rings. The van der Waals surface area contributed by atoms with Crippen LogP contribution in [0.5, 0.6) is 0 Å². The second-order valence-electron chi connectivity index (χ2n) is 9.39. The van der Waals surface area contributed by atoms with Crippen molar-refractivity contribution in [3.05, 3.63) is 0 Å². The van der Waals surface area contributed by atoms with Crippen molar-refractivity contribution in [2.75, 3.05) is 19.7 Å². The van der Waals surface area contributed by atoms with Gasteiger partial charge in [0.2, 0.25) is 5.91 Å². The first kappa shape index (κ1) is 26.5. The van der Waals surface area contributed by atoms with E-state index >= 15 is 0 Å². The number of ether oxygens (including phenoxy) is 1. The minimum Gasteiger partial charge on any atom is -0.466 e. The Balaban J connectivity index is 1.61. The first-order valence-electron chi connectivity index (χ1n) is 13.1. The average Bonchev–Trinajstić information content (AvgIpc) is 2.79. The molecule has 0 aromatic carbocycles. The van der Waals surface area contributed by atoms with Gasteiger partial charge in [-0.2, -0.15) is 0 Å². The first-order valence-corrected chi connectivity index (χ1v) is 13.1. The number of rotatable bonds is 14. The fourth-order valence-electron chi connectivity index (χ4n) is 4.66. The van der Waals surface area contributed by atoms with E-state index in [9.17, 15) is 14.4 Å². The smallest absolute Gasteiger partial charge is 0.318 e. The molecule has 2 aliphatic rings. The Bertz CT molecular complexity index is 563. The molecular formula is C25H45N3O4. The van der Waals surface area contributed by atoms with Crippen molar-refractivity contribution in [3.63, 3.8) is 0 Å². The van der Waals surface area contributed by atoms with Crippen LogP contribution in [-0.4, -0.2) is 54.6 Å². The van der Waals surface area contributed by atoms with Crippen LogP contribution in [-0.2, 0) is 14.3 Å². The summed E-state index contributed by atoms with van der Waals surface area (Å²) in [4.78, 5) is 38.9. The highest BCUT2D eigenvalue weighted by Gasteiger charge is 2.35. The number of hydrogen-bond donors (Lipinski definition) is 2. The molecule has 1 heterocycles. The molecule has 1 saturated carbocycles. The number of esters is 1. The molecule has 1 unspecified atom stereocenters. The molecule has 0 spiro atoms. The highest BCUT2D eigenvalue weighted by molar-refractivity contribution is 5.91. The second kappa shape index (κ2) is 15.9. The largest absolute Gasteiger partial charge is 0.466 e. The van der Waals surface area contributed by atoms with Gasteiger partial charge in [0.15, 0.2) is 0 Å². The number of carbonyl (C=O) groups is 3. The number of amides is 3. The lowest BCUT2D eigenvalue weighted by Crippen LogP contribution is -2.61. The summed E-state index contributed by atoms with van der Waals surface area (Å²) in [5.74, 6) is -0.677. The standard InChI is InChI=1S/C25H45N3O4/c1-2-3-4-5-6-7-8-9-10-14-19-32-23(29)20-22-24(30)26-17-18-28(22)25(31)27-21-15-12-11-13-16-21/h21-22H,2-20H2,1H3,(H,26,30)(H,27,31). The van der Waals surface area contributed by atoms with Gasteiger partial charge >= 0.3 is 12.0 Å². The zero-order chi connectivity index (χ0) is 23.0. The van der Waals surface area contributed by atoms with Crippen LogP contribution >= 0.6 is 0 Å². The zero-order valence-corrected chi connectivity index (χ0v) is 20.2. The highest BCUT2D eigenvalue weighted by Crippen LogP contribution is 2.19. The van der Waals surface area contributed by atoms with E-state index in [-0.39, 0.29) is 24.4 Å². The van der Waals surface area contributed by atoms with Crippen molar-refractivity contribution in [2.45, 2.75) is 122 Å². The molecule has 2 N–H and O–H groups in total. The number of hydrogen-bond acceptors (Lipinski definition) is 4. The van der Waals surface area contributed by atoms with Crippen molar-refractivity contribution in [3.8, 4) is 0 Å². The molecule has 0 bridgehead atoms. The average molecular weight is 452 g/mol. The molecule has 7 heteroatoms. The maximum absolute atomic E-state index is 12.7. The van der Waals surface area contributed by atoms with Crippen molar-refractivity contribution in [2.24, 2.45) is 0 Å². The van der Waals surface area contributed by atoms with Crippen LogP contribution in [0.25, 0.3) is 0 Å². The lowest BCUT2D eigenvalue weighted by atomic mass is 9.95. The second-order valence-corrected chi connectivity index (χ2v) is 9.39. The van der Waals surface area contributed by atoms with E-state index in [1.54, 1.807) is 0 Å². The molecule has 184 valence electrons. The van der Waals surface area contributed by atoms with Gasteiger partial charge in [0, 0.05) is 19.1 Å². The van der Waals surface area contributed by atoms with Crippen LogP contribution in [0, 0.1) is 0 Å². The van der Waals surface area contributed by atoms with Crippen LogP contribution in [0.15, 0.2) is 0 Å². The molecule has 1 atom stereocenters. The Morgan fingerprint density at radius 3 is 2.25 bits per heavy atom. The Morgan fingerprint density at radius 2 is 1.59 bits per heavy atom. The van der Waals surface area contributed by atoms with Crippen molar-refractivity contribution < 1.29 is 19.1 Å². The SMILES string of the molecule is CCCCCCCCCCCCOC(=O)CC1C(=O)NCCN1C(=O)NC1CCCCC1. The summed E-state index contributed by atoms with van der Waals surface area (Å²) < 4.78 is 5.37. The van der Waals surface area contributed by atoms with E-state index in [4.69, 9.17) is 4.74 Å². The third-order valence-electron chi connectivity index (χ3n) is 6.65. The van der Waals surface area contributed by atoms with Gasteiger partial charge in [-0.05, 0) is 19.3 Å². The molecule has 2 rings (SSSR count). The lowest BCUT2D eigenvalue weighted by molar-refractivity contribution is -0.147. The quantitative estimate of drug-likeness (QED) is 0.296. The topological polar surface area (TPSA) is 87.7 Å².